The number of anilines is 1. The summed E-state index contributed by atoms with van der Waals surface area (Å²) in [6.07, 6.45) is 1.68. The van der Waals surface area contributed by atoms with Crippen LogP contribution < -0.4 is 4.90 Å². The quantitative estimate of drug-likeness (QED) is 0.668. The van der Waals surface area contributed by atoms with E-state index >= 15 is 0 Å². The van der Waals surface area contributed by atoms with E-state index in [0.29, 0.717) is 32.2 Å². The van der Waals surface area contributed by atoms with E-state index in [2.05, 4.69) is 15.1 Å². The highest BCUT2D eigenvalue weighted by Crippen LogP contribution is 2.31. The number of hydrogen-bond acceptors (Lipinski definition) is 7. The number of hydrogen-bond donors (Lipinski definition) is 1. The highest BCUT2D eigenvalue weighted by atomic mass is 19.2. The number of rotatable bonds is 3. The largest absolute Gasteiger partial charge is 0.503 e. The molecule has 0 bridgehead atoms. The van der Waals surface area contributed by atoms with Crippen LogP contribution in [0.2, 0.25) is 0 Å². The zero-order valence-electron chi connectivity index (χ0n) is 14.8. The van der Waals surface area contributed by atoms with Gasteiger partial charge in [0.1, 0.15) is 5.82 Å². The van der Waals surface area contributed by atoms with Gasteiger partial charge in [-0.1, -0.05) is 11.2 Å². The summed E-state index contributed by atoms with van der Waals surface area (Å²) < 4.78 is 45.5. The van der Waals surface area contributed by atoms with E-state index in [4.69, 9.17) is 4.52 Å². The summed E-state index contributed by atoms with van der Waals surface area (Å²) in [5, 5.41) is 12.8. The second kappa shape index (κ2) is 7.41. The molecule has 1 fully saturated rings. The lowest BCUT2D eigenvalue weighted by Crippen LogP contribution is -2.49. The zero-order chi connectivity index (χ0) is 20.5. The maximum absolute atomic E-state index is 14.0. The van der Waals surface area contributed by atoms with Gasteiger partial charge in [-0.05, 0) is 18.2 Å². The lowest BCUT2D eigenvalue weighted by Gasteiger charge is -2.34. The summed E-state index contributed by atoms with van der Waals surface area (Å²) in [5.41, 5.74) is -0.645. The van der Waals surface area contributed by atoms with Gasteiger partial charge in [-0.3, -0.25) is 4.79 Å². The van der Waals surface area contributed by atoms with Crippen molar-refractivity contribution < 1.29 is 27.6 Å². The van der Waals surface area contributed by atoms with Crippen molar-refractivity contribution in [2.75, 3.05) is 31.1 Å². The third-order valence-electron chi connectivity index (χ3n) is 4.52. The average Bonchev–Trinajstić information content (AvgIpc) is 3.25. The first-order valence-corrected chi connectivity index (χ1v) is 8.61. The Balaban J connectivity index is 1.49. The molecular weight excluding hydrogens is 391 g/mol. The number of benzene rings is 1. The number of aromatic hydroxyl groups is 1. The molecule has 1 aliphatic heterocycles. The first-order valence-electron chi connectivity index (χ1n) is 8.61. The van der Waals surface area contributed by atoms with Crippen LogP contribution in [-0.4, -0.2) is 57.2 Å². The number of pyridine rings is 1. The number of aromatic nitrogens is 3. The highest BCUT2D eigenvalue weighted by Gasteiger charge is 2.28. The SMILES string of the molecule is O=C(c1noc(-c2cc(F)c(F)c(O)c2F)n1)N1CCN(c2ccccn2)CC1. The van der Waals surface area contributed by atoms with Gasteiger partial charge < -0.3 is 19.4 Å². The van der Waals surface area contributed by atoms with Gasteiger partial charge in [0.15, 0.2) is 17.4 Å². The smallest absolute Gasteiger partial charge is 0.295 e. The topological polar surface area (TPSA) is 95.6 Å². The summed E-state index contributed by atoms with van der Waals surface area (Å²) in [5.74, 6) is -6.83. The summed E-state index contributed by atoms with van der Waals surface area (Å²) in [7, 11) is 0. The van der Waals surface area contributed by atoms with Crippen LogP contribution in [0.1, 0.15) is 10.6 Å². The molecule has 0 radical (unpaired) electrons. The van der Waals surface area contributed by atoms with Crippen LogP contribution in [0.15, 0.2) is 35.0 Å². The minimum Gasteiger partial charge on any atom is -0.503 e. The minimum absolute atomic E-state index is 0.352. The van der Waals surface area contributed by atoms with E-state index in [1.807, 2.05) is 23.1 Å². The van der Waals surface area contributed by atoms with Gasteiger partial charge in [0.05, 0.1) is 5.56 Å². The molecule has 11 heteroatoms. The van der Waals surface area contributed by atoms with Gasteiger partial charge in [0.2, 0.25) is 5.82 Å². The van der Waals surface area contributed by atoms with Crippen molar-refractivity contribution >= 4 is 11.7 Å². The highest BCUT2D eigenvalue weighted by molar-refractivity contribution is 5.91. The maximum Gasteiger partial charge on any atom is 0.295 e. The summed E-state index contributed by atoms with van der Waals surface area (Å²) in [4.78, 5) is 24.1. The van der Waals surface area contributed by atoms with Crippen molar-refractivity contribution in [3.63, 3.8) is 0 Å². The molecule has 8 nitrogen and oxygen atoms in total. The second-order valence-corrected chi connectivity index (χ2v) is 6.27. The summed E-state index contributed by atoms with van der Waals surface area (Å²) in [6.45, 7) is 1.83. The van der Waals surface area contributed by atoms with Crippen molar-refractivity contribution in [2.24, 2.45) is 0 Å². The molecule has 1 aromatic carbocycles. The zero-order valence-corrected chi connectivity index (χ0v) is 14.8. The van der Waals surface area contributed by atoms with E-state index < -0.39 is 40.6 Å². The average molecular weight is 405 g/mol. The van der Waals surface area contributed by atoms with Crippen LogP contribution in [0, 0.1) is 17.5 Å². The number of nitrogens with zero attached hydrogens (tertiary/aromatic N) is 5. The van der Waals surface area contributed by atoms with Crippen LogP contribution in [0.5, 0.6) is 5.75 Å². The number of amides is 1. The lowest BCUT2D eigenvalue weighted by atomic mass is 10.2. The van der Waals surface area contributed by atoms with E-state index in [0.717, 1.165) is 5.82 Å². The first-order chi connectivity index (χ1) is 14.0. The Bertz CT molecular complexity index is 1050. The molecule has 0 aliphatic carbocycles. The normalized spacial score (nSPS) is 14.3. The van der Waals surface area contributed by atoms with Gasteiger partial charge in [-0.2, -0.15) is 9.37 Å². The molecule has 2 aromatic heterocycles. The summed E-state index contributed by atoms with van der Waals surface area (Å²) >= 11 is 0. The number of carbonyl (C=O) groups is 1. The van der Waals surface area contributed by atoms with Crippen LogP contribution in [-0.2, 0) is 0 Å². The Kier molecular flexibility index (Phi) is 4.79. The third-order valence-corrected chi connectivity index (χ3v) is 4.52. The number of phenols is 1. The van der Waals surface area contributed by atoms with Gasteiger partial charge in [-0.25, -0.2) is 13.8 Å². The number of carbonyl (C=O) groups excluding carboxylic acids is 1. The van der Waals surface area contributed by atoms with Gasteiger partial charge >= 0.3 is 0 Å². The Labute approximate surface area is 162 Å². The molecule has 3 heterocycles. The molecule has 0 unspecified atom stereocenters. The number of piperazine rings is 1. The van der Waals surface area contributed by atoms with Crippen LogP contribution in [0.4, 0.5) is 19.0 Å². The Hall–Kier alpha value is -3.63. The van der Waals surface area contributed by atoms with Crippen molar-refractivity contribution in [3.8, 4) is 17.2 Å². The molecule has 29 heavy (non-hydrogen) atoms. The number of phenolic OH excluding ortho intramolecular Hbond substituents is 1. The van der Waals surface area contributed by atoms with Crippen LogP contribution in [0.3, 0.4) is 0 Å². The Morgan fingerprint density at radius 3 is 2.55 bits per heavy atom. The monoisotopic (exact) mass is 405 g/mol. The van der Waals surface area contributed by atoms with E-state index in [-0.39, 0.29) is 5.82 Å². The molecule has 4 rings (SSSR count). The number of halogens is 3. The summed E-state index contributed by atoms with van der Waals surface area (Å²) in [6, 6.07) is 6.02. The lowest BCUT2D eigenvalue weighted by molar-refractivity contribution is 0.0731. The predicted molar refractivity (Wildman–Crippen MR) is 93.6 cm³/mol. The van der Waals surface area contributed by atoms with Gasteiger partial charge in [0, 0.05) is 32.4 Å². The van der Waals surface area contributed by atoms with E-state index in [1.165, 1.54) is 4.90 Å². The van der Waals surface area contributed by atoms with Gasteiger partial charge in [-0.15, -0.1) is 0 Å². The van der Waals surface area contributed by atoms with Crippen molar-refractivity contribution in [1.29, 1.82) is 0 Å². The molecule has 0 saturated carbocycles. The maximum atomic E-state index is 14.0. The molecule has 0 atom stereocenters. The molecule has 1 saturated heterocycles. The van der Waals surface area contributed by atoms with Crippen molar-refractivity contribution in [2.45, 2.75) is 0 Å². The predicted octanol–water partition coefficient (Wildman–Crippen LogP) is 2.22. The van der Waals surface area contributed by atoms with Crippen molar-refractivity contribution in [1.82, 2.24) is 20.0 Å². The van der Waals surface area contributed by atoms with Crippen LogP contribution in [0.25, 0.3) is 11.5 Å². The van der Waals surface area contributed by atoms with Gasteiger partial charge in [0.25, 0.3) is 17.6 Å². The fraction of sp³-hybridized carbons (Fsp3) is 0.222. The second-order valence-electron chi connectivity index (χ2n) is 6.27. The molecule has 150 valence electrons. The van der Waals surface area contributed by atoms with Crippen molar-refractivity contribution in [3.05, 3.63) is 53.7 Å². The molecule has 1 aliphatic rings. The first kappa shape index (κ1) is 18.7. The Morgan fingerprint density at radius 1 is 1.10 bits per heavy atom. The Morgan fingerprint density at radius 2 is 1.86 bits per heavy atom. The third kappa shape index (κ3) is 3.46. The minimum atomic E-state index is -1.73. The molecular formula is C18H14F3N5O3. The molecule has 3 aromatic rings. The molecule has 1 N–H and O–H groups in total. The van der Waals surface area contributed by atoms with E-state index in [9.17, 15) is 23.1 Å². The fourth-order valence-electron chi connectivity index (χ4n) is 2.99. The van der Waals surface area contributed by atoms with E-state index in [1.54, 1.807) is 6.20 Å². The fourth-order valence-corrected chi connectivity index (χ4v) is 2.99. The van der Waals surface area contributed by atoms with Crippen LogP contribution >= 0.6 is 0 Å². The molecule has 1 amide bonds. The molecule has 0 spiro atoms. The standard InChI is InChI=1S/C18H14F3N5O3/c19-11-9-10(13(20)15(27)14(11)21)17-23-16(24-29-17)18(28)26-7-5-25(6-8-26)12-3-1-2-4-22-12/h1-4,9,27H,5-8H2.